The van der Waals surface area contributed by atoms with Gasteiger partial charge in [0.25, 0.3) is 0 Å². The third-order valence-electron chi connectivity index (χ3n) is 4.54. The van der Waals surface area contributed by atoms with Crippen LogP contribution in [0.1, 0.15) is 110 Å². The monoisotopic (exact) mass is 421 g/mol. The summed E-state index contributed by atoms with van der Waals surface area (Å²) in [5.74, 6) is -2.08. The Morgan fingerprint density at radius 3 is 1.39 bits per heavy atom. The molecule has 0 heterocycles. The molecule has 0 amide bonds. The number of unbranched alkanes of at least 4 members (excludes halogenated alkanes) is 14. The van der Waals surface area contributed by atoms with Crippen molar-refractivity contribution in [3.05, 3.63) is 0 Å². The summed E-state index contributed by atoms with van der Waals surface area (Å²) in [6, 6.07) is 0. The summed E-state index contributed by atoms with van der Waals surface area (Å²) < 4.78 is 30.6. The molecular weight excluding hydrogens is 382 g/mol. The van der Waals surface area contributed by atoms with Gasteiger partial charge in [-0.05, 0) is 6.42 Å². The van der Waals surface area contributed by atoms with Gasteiger partial charge in [-0.3, -0.25) is 4.79 Å². The zero-order chi connectivity index (χ0) is 21.1. The fourth-order valence-electron chi connectivity index (χ4n) is 2.96. The zero-order valence-electron chi connectivity index (χ0n) is 17.5. The molecule has 0 bridgehead atoms. The van der Waals surface area contributed by atoms with Gasteiger partial charge in [-0.1, -0.05) is 96.8 Å². The molecule has 0 aliphatic carbocycles. The molecule has 2 N–H and O–H groups in total. The van der Waals surface area contributed by atoms with Crippen LogP contribution in [0.2, 0.25) is 0 Å². The lowest BCUT2D eigenvalue weighted by atomic mass is 10.0. The number of carbonyl (C=O) groups excluding carboxylic acids is 2. The smallest absolute Gasteiger partial charge is 0.321 e. The minimum absolute atomic E-state index is 0.0162. The molecule has 0 rings (SSSR count). The van der Waals surface area contributed by atoms with E-state index in [0.717, 1.165) is 19.3 Å². The van der Waals surface area contributed by atoms with E-state index in [9.17, 15) is 18.0 Å². The summed E-state index contributed by atoms with van der Waals surface area (Å²) in [5.41, 5.74) is 4.93. The van der Waals surface area contributed by atoms with Crippen molar-refractivity contribution in [1.29, 1.82) is 0 Å². The molecule has 0 spiro atoms. The van der Waals surface area contributed by atoms with Crippen molar-refractivity contribution in [3.63, 3.8) is 0 Å². The molecular formula is C20H39NO6S. The van der Waals surface area contributed by atoms with Crippen molar-refractivity contribution in [1.82, 2.24) is 0 Å². The van der Waals surface area contributed by atoms with Crippen LogP contribution in [-0.4, -0.2) is 26.9 Å². The maximum atomic E-state index is 11.4. The largest absolute Gasteiger partial charge is 0.506 e. The minimum atomic E-state index is -4.64. The number of rotatable bonds is 19. The SMILES string of the molecule is CCCCCCCCCCCCCCCCCC(=O)OS(=O)(=O)OC(=O)CN. The Morgan fingerprint density at radius 1 is 0.643 bits per heavy atom. The Bertz CT molecular complexity index is 507. The van der Waals surface area contributed by atoms with Crippen LogP contribution in [0.15, 0.2) is 0 Å². The molecule has 0 aliphatic rings. The maximum absolute atomic E-state index is 11.4. The lowest BCUT2D eigenvalue weighted by Gasteiger charge is -2.05. The van der Waals surface area contributed by atoms with Crippen LogP contribution >= 0.6 is 0 Å². The highest BCUT2D eigenvalue weighted by atomic mass is 32.3. The summed E-state index contributed by atoms with van der Waals surface area (Å²) in [6.45, 7) is 1.64. The van der Waals surface area contributed by atoms with Crippen LogP contribution in [0.25, 0.3) is 0 Å². The van der Waals surface area contributed by atoms with Crippen LogP contribution in [0.3, 0.4) is 0 Å². The summed E-state index contributed by atoms with van der Waals surface area (Å²) in [7, 11) is -4.64. The average molecular weight is 422 g/mol. The summed E-state index contributed by atoms with van der Waals surface area (Å²) in [6.07, 6.45) is 18.1. The first kappa shape index (κ1) is 26.9. The third kappa shape index (κ3) is 18.2. The zero-order valence-corrected chi connectivity index (χ0v) is 18.3. The molecule has 7 nitrogen and oxygen atoms in total. The van der Waals surface area contributed by atoms with E-state index < -0.39 is 28.9 Å². The van der Waals surface area contributed by atoms with Crippen molar-refractivity contribution in [2.75, 3.05) is 6.54 Å². The van der Waals surface area contributed by atoms with Crippen molar-refractivity contribution in [2.24, 2.45) is 5.73 Å². The molecule has 0 aliphatic heterocycles. The molecule has 0 aromatic heterocycles. The molecule has 0 aromatic carbocycles. The first-order chi connectivity index (χ1) is 13.4. The normalized spacial score (nSPS) is 11.4. The van der Waals surface area contributed by atoms with E-state index in [2.05, 4.69) is 15.3 Å². The predicted molar refractivity (Wildman–Crippen MR) is 110 cm³/mol. The lowest BCUT2D eigenvalue weighted by molar-refractivity contribution is -0.137. The molecule has 0 fully saturated rings. The Balaban J connectivity index is 3.41. The molecule has 166 valence electrons. The van der Waals surface area contributed by atoms with E-state index in [1.165, 1.54) is 70.6 Å². The fraction of sp³-hybridized carbons (Fsp3) is 0.900. The summed E-state index contributed by atoms with van der Waals surface area (Å²) in [5, 5.41) is 0. The van der Waals surface area contributed by atoms with Gasteiger partial charge in [0, 0.05) is 6.42 Å². The van der Waals surface area contributed by atoms with Gasteiger partial charge < -0.3 is 14.1 Å². The highest BCUT2D eigenvalue weighted by molar-refractivity contribution is 7.82. The Kier molecular flexibility index (Phi) is 17.2. The van der Waals surface area contributed by atoms with E-state index in [0.29, 0.717) is 6.42 Å². The first-order valence-corrected chi connectivity index (χ1v) is 12.1. The second-order valence-electron chi connectivity index (χ2n) is 7.22. The van der Waals surface area contributed by atoms with E-state index in [1.807, 2.05) is 0 Å². The van der Waals surface area contributed by atoms with E-state index in [4.69, 9.17) is 5.73 Å². The van der Waals surface area contributed by atoms with Gasteiger partial charge in [0.15, 0.2) is 0 Å². The van der Waals surface area contributed by atoms with E-state index >= 15 is 0 Å². The minimum Gasteiger partial charge on any atom is -0.321 e. The maximum Gasteiger partial charge on any atom is 0.506 e. The highest BCUT2D eigenvalue weighted by Gasteiger charge is 2.21. The molecule has 28 heavy (non-hydrogen) atoms. The molecule has 0 saturated carbocycles. The molecule has 0 aromatic rings. The van der Waals surface area contributed by atoms with Crippen LogP contribution in [0.4, 0.5) is 0 Å². The van der Waals surface area contributed by atoms with Gasteiger partial charge in [-0.2, -0.15) is 0 Å². The van der Waals surface area contributed by atoms with Gasteiger partial charge in [0.1, 0.15) is 0 Å². The molecule has 0 saturated heterocycles. The molecule has 8 heteroatoms. The van der Waals surface area contributed by atoms with Crippen molar-refractivity contribution >= 4 is 22.3 Å². The van der Waals surface area contributed by atoms with Crippen LogP contribution in [-0.2, 0) is 28.4 Å². The fourth-order valence-corrected chi connectivity index (χ4v) is 3.60. The van der Waals surface area contributed by atoms with Crippen LogP contribution in [0, 0.1) is 0 Å². The van der Waals surface area contributed by atoms with Crippen molar-refractivity contribution < 1.29 is 26.4 Å². The number of hydrogen-bond acceptors (Lipinski definition) is 7. The van der Waals surface area contributed by atoms with Gasteiger partial charge in [0.05, 0.1) is 6.54 Å². The average Bonchev–Trinajstić information content (AvgIpc) is 2.63. The Morgan fingerprint density at radius 2 is 1.00 bits per heavy atom. The molecule has 0 unspecified atom stereocenters. The van der Waals surface area contributed by atoms with E-state index in [-0.39, 0.29) is 6.42 Å². The number of nitrogens with two attached hydrogens (primary N) is 1. The van der Waals surface area contributed by atoms with Crippen molar-refractivity contribution in [3.8, 4) is 0 Å². The first-order valence-electron chi connectivity index (χ1n) is 10.8. The van der Waals surface area contributed by atoms with Crippen LogP contribution < -0.4 is 5.73 Å². The standard InChI is InChI=1S/C20H39NO6S/c1-2-3-4-5-6-7-8-9-10-11-12-13-14-15-16-17-19(22)26-28(24,25)27-20(23)18-21/h2-18,21H2,1H3. The van der Waals surface area contributed by atoms with Crippen LogP contribution in [0.5, 0.6) is 0 Å². The van der Waals surface area contributed by atoms with Gasteiger partial charge >= 0.3 is 22.3 Å². The number of carbonyl (C=O) groups is 2. The van der Waals surface area contributed by atoms with Gasteiger partial charge in [-0.25, -0.2) is 4.79 Å². The summed E-state index contributed by atoms with van der Waals surface area (Å²) in [4.78, 5) is 22.2. The predicted octanol–water partition coefficient (Wildman–Crippen LogP) is 4.54. The number of hydrogen-bond donors (Lipinski definition) is 1. The van der Waals surface area contributed by atoms with Crippen molar-refractivity contribution in [2.45, 2.75) is 110 Å². The lowest BCUT2D eigenvalue weighted by Crippen LogP contribution is -2.24. The quantitative estimate of drug-likeness (QED) is 0.305. The highest BCUT2D eigenvalue weighted by Crippen LogP contribution is 2.14. The molecule has 0 radical (unpaired) electrons. The second kappa shape index (κ2) is 17.9. The second-order valence-corrected chi connectivity index (χ2v) is 8.37. The van der Waals surface area contributed by atoms with Gasteiger partial charge in [-0.15, -0.1) is 8.42 Å². The van der Waals surface area contributed by atoms with Gasteiger partial charge in [0.2, 0.25) is 0 Å². The van der Waals surface area contributed by atoms with E-state index in [1.54, 1.807) is 0 Å². The molecule has 0 atom stereocenters. The summed E-state index contributed by atoms with van der Waals surface area (Å²) >= 11 is 0. The Labute approximate surface area is 171 Å². The topological polar surface area (TPSA) is 113 Å². The third-order valence-corrected chi connectivity index (χ3v) is 5.32. The Hall–Kier alpha value is -1.15.